The van der Waals surface area contributed by atoms with E-state index >= 15 is 0 Å². The molecule has 1 heterocycles. The highest BCUT2D eigenvalue weighted by molar-refractivity contribution is 6.19. The lowest BCUT2D eigenvalue weighted by atomic mass is 10.0. The zero-order chi connectivity index (χ0) is 24.4. The molecule has 174 valence electrons. The van der Waals surface area contributed by atoms with Crippen LogP contribution in [0.25, 0.3) is 21.7 Å². The van der Waals surface area contributed by atoms with Gasteiger partial charge >= 0.3 is 0 Å². The van der Waals surface area contributed by atoms with Crippen molar-refractivity contribution in [3.05, 3.63) is 96.3 Å². The molecule has 0 atom stereocenters. The Morgan fingerprint density at radius 1 is 0.743 bits per heavy atom. The zero-order valence-electron chi connectivity index (χ0n) is 19.1. The van der Waals surface area contributed by atoms with E-state index in [-0.39, 0.29) is 17.4 Å². The van der Waals surface area contributed by atoms with Gasteiger partial charge in [0.15, 0.2) is 0 Å². The van der Waals surface area contributed by atoms with Gasteiger partial charge in [-0.3, -0.25) is 9.59 Å². The van der Waals surface area contributed by atoms with Gasteiger partial charge in [-0.25, -0.2) is 0 Å². The van der Waals surface area contributed by atoms with Crippen molar-refractivity contribution in [3.8, 4) is 11.5 Å². The SMILES string of the molecule is COc1ccc(OC)c(NC(=O)c2oc3ccccc3c2NC(=O)c2cccc3ccccc23)c1. The largest absolute Gasteiger partial charge is 0.497 e. The van der Waals surface area contributed by atoms with Gasteiger partial charge in [-0.1, -0.05) is 48.5 Å². The summed E-state index contributed by atoms with van der Waals surface area (Å²) in [5.74, 6) is 0.0961. The molecule has 0 saturated heterocycles. The number of ether oxygens (including phenoxy) is 2. The first-order valence-corrected chi connectivity index (χ1v) is 10.9. The number of nitrogens with one attached hydrogen (secondary N) is 2. The van der Waals surface area contributed by atoms with Crippen molar-refractivity contribution >= 4 is 44.9 Å². The van der Waals surface area contributed by atoms with Crippen LogP contribution in [0.2, 0.25) is 0 Å². The van der Waals surface area contributed by atoms with Crippen molar-refractivity contribution in [2.45, 2.75) is 0 Å². The van der Waals surface area contributed by atoms with Crippen molar-refractivity contribution in [3.63, 3.8) is 0 Å². The quantitative estimate of drug-likeness (QED) is 0.315. The highest BCUT2D eigenvalue weighted by atomic mass is 16.5. The Balaban J connectivity index is 1.54. The molecule has 0 fully saturated rings. The van der Waals surface area contributed by atoms with Gasteiger partial charge in [0.1, 0.15) is 22.8 Å². The molecule has 4 aromatic carbocycles. The fraction of sp³-hybridized carbons (Fsp3) is 0.0714. The number of para-hydroxylation sites is 1. The predicted molar refractivity (Wildman–Crippen MR) is 136 cm³/mol. The van der Waals surface area contributed by atoms with Gasteiger partial charge in [-0.15, -0.1) is 0 Å². The standard InChI is InChI=1S/C28H22N2O5/c1-33-18-14-15-24(34-2)22(16-18)29-28(32)26-25(21-11-5-6-13-23(21)35-26)30-27(31)20-12-7-9-17-8-3-4-10-19(17)20/h3-16H,1-2H3,(H,29,32)(H,30,31). The normalized spacial score (nSPS) is 10.8. The molecule has 2 amide bonds. The minimum atomic E-state index is -0.541. The molecule has 5 aromatic rings. The number of methoxy groups -OCH3 is 2. The maximum Gasteiger partial charge on any atom is 0.293 e. The second kappa shape index (κ2) is 9.23. The number of rotatable bonds is 6. The molecule has 0 saturated carbocycles. The van der Waals surface area contributed by atoms with Crippen LogP contribution in [0.15, 0.2) is 89.3 Å². The van der Waals surface area contributed by atoms with Crippen molar-refractivity contribution in [1.29, 1.82) is 0 Å². The summed E-state index contributed by atoms with van der Waals surface area (Å²) in [6, 6.07) is 25.4. The smallest absolute Gasteiger partial charge is 0.293 e. The monoisotopic (exact) mass is 466 g/mol. The molecule has 7 heteroatoms. The van der Waals surface area contributed by atoms with E-state index in [4.69, 9.17) is 13.9 Å². The molecule has 1 aromatic heterocycles. The van der Waals surface area contributed by atoms with Gasteiger partial charge in [0, 0.05) is 17.0 Å². The number of hydrogen-bond donors (Lipinski definition) is 2. The fourth-order valence-corrected chi connectivity index (χ4v) is 4.02. The third-order valence-electron chi connectivity index (χ3n) is 5.73. The van der Waals surface area contributed by atoms with Gasteiger partial charge in [0.25, 0.3) is 11.8 Å². The van der Waals surface area contributed by atoms with Crippen LogP contribution in [0, 0.1) is 0 Å². The van der Waals surface area contributed by atoms with Crippen LogP contribution in [0.4, 0.5) is 11.4 Å². The second-order valence-corrected chi connectivity index (χ2v) is 7.80. The molecule has 0 spiro atoms. The van der Waals surface area contributed by atoms with Gasteiger partial charge < -0.3 is 24.5 Å². The summed E-state index contributed by atoms with van der Waals surface area (Å²) < 4.78 is 16.5. The number of fused-ring (bicyclic) bond motifs is 2. The molecule has 35 heavy (non-hydrogen) atoms. The molecule has 0 aliphatic heterocycles. The van der Waals surface area contributed by atoms with Crippen LogP contribution in [0.1, 0.15) is 20.9 Å². The minimum Gasteiger partial charge on any atom is -0.497 e. The van der Waals surface area contributed by atoms with Crippen LogP contribution >= 0.6 is 0 Å². The van der Waals surface area contributed by atoms with Gasteiger partial charge in [-0.2, -0.15) is 0 Å². The minimum absolute atomic E-state index is 0.0235. The highest BCUT2D eigenvalue weighted by Crippen LogP contribution is 2.34. The van der Waals surface area contributed by atoms with E-state index in [0.717, 1.165) is 10.8 Å². The van der Waals surface area contributed by atoms with Gasteiger partial charge in [0.2, 0.25) is 5.76 Å². The van der Waals surface area contributed by atoms with E-state index in [0.29, 0.717) is 33.7 Å². The maximum absolute atomic E-state index is 13.4. The molecule has 0 unspecified atom stereocenters. The molecular weight excluding hydrogens is 444 g/mol. The Hall–Kier alpha value is -4.78. The van der Waals surface area contributed by atoms with Crippen LogP contribution in [-0.4, -0.2) is 26.0 Å². The summed E-state index contributed by atoms with van der Waals surface area (Å²) in [5.41, 5.74) is 1.67. The molecular formula is C28H22N2O5. The Kier molecular flexibility index (Phi) is 5.81. The van der Waals surface area contributed by atoms with E-state index in [1.54, 1.807) is 42.5 Å². The average Bonchev–Trinajstić information content (AvgIpc) is 3.26. The Bertz CT molecular complexity index is 1570. The number of hydrogen-bond acceptors (Lipinski definition) is 5. The third kappa shape index (κ3) is 4.15. The number of amides is 2. The number of carbonyl (C=O) groups excluding carboxylic acids is 2. The van der Waals surface area contributed by atoms with E-state index in [1.165, 1.54) is 14.2 Å². The topological polar surface area (TPSA) is 89.8 Å². The molecule has 0 aliphatic carbocycles. The van der Waals surface area contributed by atoms with E-state index < -0.39 is 5.91 Å². The Labute approximate surface area is 201 Å². The Morgan fingerprint density at radius 3 is 2.29 bits per heavy atom. The molecule has 0 radical (unpaired) electrons. The van der Waals surface area contributed by atoms with Crippen LogP contribution in [0.3, 0.4) is 0 Å². The summed E-state index contributed by atoms with van der Waals surface area (Å²) in [7, 11) is 3.04. The lowest BCUT2D eigenvalue weighted by molar-refractivity contribution is 0.0999. The molecule has 0 aliphatic rings. The molecule has 5 rings (SSSR count). The zero-order valence-corrected chi connectivity index (χ0v) is 19.1. The molecule has 0 bridgehead atoms. The second-order valence-electron chi connectivity index (χ2n) is 7.80. The summed E-state index contributed by atoms with van der Waals surface area (Å²) in [6.07, 6.45) is 0. The summed E-state index contributed by atoms with van der Waals surface area (Å²) in [6.45, 7) is 0. The molecule has 7 nitrogen and oxygen atoms in total. The van der Waals surface area contributed by atoms with E-state index in [1.807, 2.05) is 42.5 Å². The van der Waals surface area contributed by atoms with Crippen LogP contribution in [-0.2, 0) is 0 Å². The Morgan fingerprint density at radius 2 is 1.49 bits per heavy atom. The highest BCUT2D eigenvalue weighted by Gasteiger charge is 2.24. The van der Waals surface area contributed by atoms with Crippen molar-refractivity contribution in [2.24, 2.45) is 0 Å². The van der Waals surface area contributed by atoms with Crippen LogP contribution < -0.4 is 20.1 Å². The predicted octanol–water partition coefficient (Wildman–Crippen LogP) is 6.11. The van der Waals surface area contributed by atoms with Crippen molar-refractivity contribution in [1.82, 2.24) is 0 Å². The van der Waals surface area contributed by atoms with Crippen molar-refractivity contribution < 1.29 is 23.5 Å². The molecule has 2 N–H and O–H groups in total. The summed E-state index contributed by atoms with van der Waals surface area (Å²) in [5, 5.41) is 8.09. The first-order valence-electron chi connectivity index (χ1n) is 10.9. The average molecular weight is 466 g/mol. The lowest BCUT2D eigenvalue weighted by Gasteiger charge is -2.12. The van der Waals surface area contributed by atoms with E-state index in [2.05, 4.69) is 10.6 Å². The lowest BCUT2D eigenvalue weighted by Crippen LogP contribution is -2.17. The van der Waals surface area contributed by atoms with E-state index in [9.17, 15) is 9.59 Å². The first-order chi connectivity index (χ1) is 17.1. The fourth-order valence-electron chi connectivity index (χ4n) is 4.02. The summed E-state index contributed by atoms with van der Waals surface area (Å²) in [4.78, 5) is 26.7. The maximum atomic E-state index is 13.4. The van der Waals surface area contributed by atoms with Crippen LogP contribution in [0.5, 0.6) is 11.5 Å². The number of benzene rings is 4. The first kappa shape index (κ1) is 22.0. The number of anilines is 2. The van der Waals surface area contributed by atoms with Gasteiger partial charge in [-0.05, 0) is 41.1 Å². The van der Waals surface area contributed by atoms with Crippen molar-refractivity contribution in [2.75, 3.05) is 24.9 Å². The number of carbonyl (C=O) groups is 2. The van der Waals surface area contributed by atoms with Gasteiger partial charge in [0.05, 0.1) is 19.9 Å². The summed E-state index contributed by atoms with van der Waals surface area (Å²) >= 11 is 0. The number of furan rings is 1. The third-order valence-corrected chi connectivity index (χ3v) is 5.73.